The third-order valence-electron chi connectivity index (χ3n) is 5.28. The number of carbonyl (C=O) groups excluding carboxylic acids is 1. The van der Waals surface area contributed by atoms with Gasteiger partial charge in [-0.2, -0.15) is 0 Å². The van der Waals surface area contributed by atoms with Gasteiger partial charge < -0.3 is 10.6 Å². The predicted octanol–water partition coefficient (Wildman–Crippen LogP) is 1.68. The van der Waals surface area contributed by atoms with E-state index in [-0.39, 0.29) is 36.3 Å². The van der Waals surface area contributed by atoms with Crippen LogP contribution in [0.1, 0.15) is 37.2 Å². The molecule has 1 heterocycles. The number of benzene rings is 1. The molecule has 7 heteroatoms. The first-order valence-corrected chi connectivity index (χ1v) is 10.7. The topological polar surface area (TPSA) is 80.5 Å². The number of nitrogens with zero attached hydrogens (tertiary/aromatic N) is 1. The van der Waals surface area contributed by atoms with Gasteiger partial charge in [-0.3, -0.25) is 4.79 Å². The van der Waals surface area contributed by atoms with E-state index in [0.29, 0.717) is 18.3 Å². The summed E-state index contributed by atoms with van der Waals surface area (Å²) in [7, 11) is -2.99. The molecule has 5 nitrogen and oxygen atoms in total. The first-order valence-electron chi connectivity index (χ1n) is 8.86. The lowest BCUT2D eigenvalue weighted by molar-refractivity contribution is -0.132. The monoisotopic (exact) mass is 368 g/mol. The number of halogens is 1. The van der Waals surface area contributed by atoms with Crippen molar-refractivity contribution >= 4 is 15.7 Å². The fourth-order valence-corrected chi connectivity index (χ4v) is 4.78. The van der Waals surface area contributed by atoms with Gasteiger partial charge in [-0.05, 0) is 48.8 Å². The van der Waals surface area contributed by atoms with Crippen molar-refractivity contribution in [2.24, 2.45) is 11.7 Å². The quantitative estimate of drug-likeness (QED) is 0.828. The summed E-state index contributed by atoms with van der Waals surface area (Å²) in [6.07, 6.45) is 3.62. The smallest absolute Gasteiger partial charge is 0.239 e. The summed E-state index contributed by atoms with van der Waals surface area (Å²) < 4.78 is 35.8. The fourth-order valence-electron chi connectivity index (χ4n) is 3.58. The molecule has 0 spiro atoms. The number of sulfone groups is 1. The van der Waals surface area contributed by atoms with Gasteiger partial charge in [0.15, 0.2) is 9.84 Å². The lowest BCUT2D eigenvalue weighted by Gasteiger charge is -2.29. The average molecular weight is 368 g/mol. The Morgan fingerprint density at radius 1 is 1.24 bits per heavy atom. The van der Waals surface area contributed by atoms with Crippen molar-refractivity contribution in [1.82, 2.24) is 4.90 Å². The van der Waals surface area contributed by atoms with E-state index in [1.54, 1.807) is 4.90 Å². The van der Waals surface area contributed by atoms with Crippen LogP contribution in [0.25, 0.3) is 0 Å². The molecule has 0 aromatic heterocycles. The van der Waals surface area contributed by atoms with Crippen LogP contribution in [0, 0.1) is 11.7 Å². The lowest BCUT2D eigenvalue weighted by atomic mass is 10.0. The summed E-state index contributed by atoms with van der Waals surface area (Å²) in [6, 6.07) is 6.14. The zero-order chi connectivity index (χ0) is 18.0. The molecule has 2 aliphatic rings. The van der Waals surface area contributed by atoms with Crippen molar-refractivity contribution in [1.29, 1.82) is 0 Å². The van der Waals surface area contributed by atoms with Crippen LogP contribution in [0.4, 0.5) is 4.39 Å². The Hall–Kier alpha value is -1.47. The van der Waals surface area contributed by atoms with E-state index < -0.39 is 15.9 Å². The minimum atomic E-state index is -2.99. The number of amides is 1. The van der Waals surface area contributed by atoms with Crippen LogP contribution >= 0.6 is 0 Å². The maximum atomic E-state index is 12.9. The van der Waals surface area contributed by atoms with Crippen molar-refractivity contribution in [3.05, 3.63) is 35.6 Å². The Kier molecular flexibility index (Phi) is 5.43. The predicted molar refractivity (Wildman–Crippen MR) is 94.3 cm³/mol. The highest BCUT2D eigenvalue weighted by molar-refractivity contribution is 7.91. The largest absolute Gasteiger partial charge is 0.339 e. The van der Waals surface area contributed by atoms with E-state index in [1.165, 1.54) is 17.7 Å². The number of hydrogen-bond donors (Lipinski definition) is 1. The molecule has 1 aromatic rings. The number of rotatable bonds is 6. The Bertz CT molecular complexity index is 706. The molecule has 1 aliphatic heterocycles. The summed E-state index contributed by atoms with van der Waals surface area (Å²) in [5.41, 5.74) is 7.18. The molecule has 0 bridgehead atoms. The zero-order valence-corrected chi connectivity index (χ0v) is 15.1. The van der Waals surface area contributed by atoms with Gasteiger partial charge in [0.2, 0.25) is 5.91 Å². The Balaban J connectivity index is 1.38. The first kappa shape index (κ1) is 18.3. The molecule has 2 N–H and O–H groups in total. The lowest BCUT2D eigenvalue weighted by Crippen LogP contribution is -2.50. The van der Waals surface area contributed by atoms with Crippen LogP contribution < -0.4 is 5.73 Å². The van der Waals surface area contributed by atoms with Crippen molar-refractivity contribution in [2.75, 3.05) is 24.6 Å². The van der Waals surface area contributed by atoms with E-state index in [4.69, 9.17) is 5.73 Å². The van der Waals surface area contributed by atoms with Crippen LogP contribution in [-0.4, -0.2) is 49.9 Å². The summed E-state index contributed by atoms with van der Waals surface area (Å²) in [5, 5.41) is 0. The summed E-state index contributed by atoms with van der Waals surface area (Å²) in [4.78, 5) is 13.9. The van der Waals surface area contributed by atoms with Crippen LogP contribution in [0.5, 0.6) is 0 Å². The molecule has 138 valence electrons. The van der Waals surface area contributed by atoms with E-state index >= 15 is 0 Å². The second-order valence-corrected chi connectivity index (χ2v) is 9.47. The normalized spacial score (nSPS) is 26.2. The maximum absolute atomic E-state index is 12.9. The van der Waals surface area contributed by atoms with Crippen LogP contribution in [0.3, 0.4) is 0 Å². The summed E-state index contributed by atoms with van der Waals surface area (Å²) in [5.74, 6) is 0.809. The van der Waals surface area contributed by atoms with E-state index in [9.17, 15) is 17.6 Å². The number of carbonyl (C=O) groups is 1. The molecular weight excluding hydrogens is 343 g/mol. The van der Waals surface area contributed by atoms with Gasteiger partial charge in [-0.25, -0.2) is 12.8 Å². The molecule has 1 aromatic carbocycles. The molecule has 1 amide bonds. The summed E-state index contributed by atoms with van der Waals surface area (Å²) in [6.45, 7) is 0.508. The van der Waals surface area contributed by atoms with Gasteiger partial charge in [0.25, 0.3) is 0 Å². The second kappa shape index (κ2) is 7.41. The van der Waals surface area contributed by atoms with Crippen LogP contribution in [0.15, 0.2) is 24.3 Å². The second-order valence-electron chi connectivity index (χ2n) is 7.17. The molecule has 1 aliphatic carbocycles. The van der Waals surface area contributed by atoms with E-state index in [0.717, 1.165) is 19.3 Å². The number of hydrogen-bond acceptors (Lipinski definition) is 4. The van der Waals surface area contributed by atoms with E-state index in [1.807, 2.05) is 12.1 Å². The highest BCUT2D eigenvalue weighted by Gasteiger charge is 2.37. The molecule has 3 atom stereocenters. The first-order chi connectivity index (χ1) is 11.9. The van der Waals surface area contributed by atoms with Gasteiger partial charge in [-0.1, -0.05) is 18.6 Å². The Morgan fingerprint density at radius 2 is 1.88 bits per heavy atom. The average Bonchev–Trinajstić information content (AvgIpc) is 3.34. The molecule has 0 radical (unpaired) electrons. The zero-order valence-electron chi connectivity index (χ0n) is 14.2. The summed E-state index contributed by atoms with van der Waals surface area (Å²) >= 11 is 0. The van der Waals surface area contributed by atoms with Gasteiger partial charge in [0, 0.05) is 13.1 Å². The SMILES string of the molecule is N[C@@H](CCCC1C[C@H]1c1ccc(F)cc1)C(=O)N1CCS(=O)(=O)CC1. The van der Waals surface area contributed by atoms with Crippen molar-refractivity contribution < 1.29 is 17.6 Å². The van der Waals surface area contributed by atoms with Crippen LogP contribution in [-0.2, 0) is 14.6 Å². The third-order valence-corrected chi connectivity index (χ3v) is 6.89. The third kappa shape index (κ3) is 4.79. The molecule has 3 rings (SSSR count). The molecule has 25 heavy (non-hydrogen) atoms. The van der Waals surface area contributed by atoms with Crippen molar-refractivity contribution in [3.8, 4) is 0 Å². The fraction of sp³-hybridized carbons (Fsp3) is 0.611. The van der Waals surface area contributed by atoms with Gasteiger partial charge >= 0.3 is 0 Å². The standard InChI is InChI=1S/C18H25FN2O3S/c19-15-6-4-13(5-7-15)16-12-14(16)2-1-3-17(20)18(22)21-8-10-25(23,24)11-9-21/h4-7,14,16-17H,1-3,8-12,20H2/t14?,16-,17-/m0/s1. The highest BCUT2D eigenvalue weighted by Crippen LogP contribution is 2.50. The van der Waals surface area contributed by atoms with Crippen molar-refractivity contribution in [2.45, 2.75) is 37.6 Å². The van der Waals surface area contributed by atoms with Gasteiger partial charge in [0.1, 0.15) is 5.82 Å². The highest BCUT2D eigenvalue weighted by atomic mass is 32.2. The Morgan fingerprint density at radius 3 is 2.52 bits per heavy atom. The molecule has 1 saturated heterocycles. The molecular formula is C18H25FN2O3S. The Labute approximate surface area is 148 Å². The van der Waals surface area contributed by atoms with Gasteiger partial charge in [0.05, 0.1) is 17.5 Å². The molecule has 1 saturated carbocycles. The minimum Gasteiger partial charge on any atom is -0.339 e. The molecule has 1 unspecified atom stereocenters. The molecule has 2 fully saturated rings. The minimum absolute atomic E-state index is 0.0346. The van der Waals surface area contributed by atoms with E-state index in [2.05, 4.69) is 0 Å². The number of nitrogens with two attached hydrogens (primary N) is 1. The van der Waals surface area contributed by atoms with Gasteiger partial charge in [-0.15, -0.1) is 0 Å². The maximum Gasteiger partial charge on any atom is 0.239 e. The van der Waals surface area contributed by atoms with Crippen molar-refractivity contribution in [3.63, 3.8) is 0 Å². The van der Waals surface area contributed by atoms with Crippen LogP contribution in [0.2, 0.25) is 0 Å².